The molecule has 4 aliphatic rings. The Morgan fingerprint density at radius 2 is 1.75 bits per heavy atom. The quantitative estimate of drug-likeness (QED) is 0.415. The van der Waals surface area contributed by atoms with Gasteiger partial charge in [-0.05, 0) is 79.6 Å². The minimum atomic E-state index is -0.925. The van der Waals surface area contributed by atoms with Gasteiger partial charge in [-0.25, -0.2) is 0 Å². The van der Waals surface area contributed by atoms with Crippen LogP contribution in [0, 0.1) is 48.3 Å². The Balaban J connectivity index is 1.94. The minimum absolute atomic E-state index is 0.0972. The molecule has 4 saturated carbocycles. The van der Waals surface area contributed by atoms with Gasteiger partial charge in [0.15, 0.2) is 0 Å². The Morgan fingerprint density at radius 1 is 1.07 bits per heavy atom. The smallest absolute Gasteiger partial charge is 0.294 e. The first-order chi connectivity index (χ1) is 13.2. The molecule has 4 rings (SSSR count). The summed E-state index contributed by atoms with van der Waals surface area (Å²) < 4.78 is 0. The van der Waals surface area contributed by atoms with Gasteiger partial charge in [-0.3, -0.25) is 0 Å². The van der Waals surface area contributed by atoms with E-state index >= 15 is 0 Å². The number of hydrogen-bond acceptors (Lipinski definition) is 7. The number of nitrogens with zero attached hydrogens (tertiary/aromatic N) is 2. The van der Waals surface area contributed by atoms with Crippen molar-refractivity contribution in [3.63, 3.8) is 0 Å². The van der Waals surface area contributed by atoms with Gasteiger partial charge in [-0.1, -0.05) is 26.7 Å². The summed E-state index contributed by atoms with van der Waals surface area (Å²) in [6.07, 6.45) is 8.46. The molecule has 0 radical (unpaired) electrons. The second kappa shape index (κ2) is 7.65. The van der Waals surface area contributed by atoms with E-state index < -0.39 is 22.9 Å². The topological polar surface area (TPSA) is 131 Å². The number of hydrogen-bond donors (Lipinski definition) is 1. The molecule has 0 spiro atoms. The average molecular weight is 399 g/mol. The zero-order valence-corrected chi connectivity index (χ0v) is 16.9. The molecule has 28 heavy (non-hydrogen) atoms. The van der Waals surface area contributed by atoms with E-state index in [2.05, 4.69) is 11.8 Å². The highest BCUT2D eigenvalue weighted by Gasteiger charge is 2.64. The van der Waals surface area contributed by atoms with E-state index in [1.165, 1.54) is 19.3 Å². The lowest BCUT2D eigenvalue weighted by Crippen LogP contribution is -2.61. The van der Waals surface area contributed by atoms with Gasteiger partial charge in [0.1, 0.15) is 12.7 Å². The Bertz CT molecular complexity index is 618. The van der Waals surface area contributed by atoms with Crippen molar-refractivity contribution >= 4 is 0 Å². The molecule has 6 atom stereocenters. The first-order valence-corrected chi connectivity index (χ1v) is 10.5. The SMILES string of the molecule is CCC(C(CO[N+](=O)[O-])O[N+](=O)[O-])C12CC3CC(CC)(CC(CCN)(C3)C1)C2. The molecule has 0 aliphatic heterocycles. The van der Waals surface area contributed by atoms with Crippen molar-refractivity contribution in [2.45, 2.75) is 77.7 Å². The van der Waals surface area contributed by atoms with E-state index in [0.717, 1.165) is 32.1 Å². The monoisotopic (exact) mass is 399 g/mol. The summed E-state index contributed by atoms with van der Waals surface area (Å²) in [5, 5.41) is 20.1. The maximum absolute atomic E-state index is 11.1. The van der Waals surface area contributed by atoms with Crippen LogP contribution in [0.2, 0.25) is 0 Å². The summed E-state index contributed by atoms with van der Waals surface area (Å²) in [5.74, 6) is 0.453. The van der Waals surface area contributed by atoms with Gasteiger partial charge in [-0.2, -0.15) is 0 Å². The van der Waals surface area contributed by atoms with Gasteiger partial charge in [0.2, 0.25) is 0 Å². The molecule has 4 bridgehead atoms. The van der Waals surface area contributed by atoms with Crippen LogP contribution in [0.4, 0.5) is 0 Å². The fourth-order valence-electron chi connectivity index (χ4n) is 7.87. The van der Waals surface area contributed by atoms with Crippen LogP contribution in [0.5, 0.6) is 0 Å². The fraction of sp³-hybridized carbons (Fsp3) is 1.00. The third-order valence-electron chi connectivity index (χ3n) is 8.01. The highest BCUT2D eigenvalue weighted by atomic mass is 17.0. The Kier molecular flexibility index (Phi) is 5.76. The molecule has 0 aromatic carbocycles. The van der Waals surface area contributed by atoms with Crippen LogP contribution < -0.4 is 5.73 Å². The maximum Gasteiger partial charge on any atom is 0.294 e. The third-order valence-corrected chi connectivity index (χ3v) is 8.01. The van der Waals surface area contributed by atoms with Crippen molar-refractivity contribution in [3.05, 3.63) is 20.2 Å². The molecule has 0 aromatic rings. The first kappa shape index (κ1) is 21.1. The van der Waals surface area contributed by atoms with Crippen LogP contribution in [-0.4, -0.2) is 29.4 Å². The predicted octanol–water partition coefficient (Wildman–Crippen LogP) is 3.51. The first-order valence-electron chi connectivity index (χ1n) is 10.5. The molecule has 9 nitrogen and oxygen atoms in total. The normalized spacial score (nSPS) is 38.0. The van der Waals surface area contributed by atoms with E-state index in [4.69, 9.17) is 10.6 Å². The van der Waals surface area contributed by atoms with E-state index in [1.54, 1.807) is 0 Å². The molecular formula is C19H33N3O6. The predicted molar refractivity (Wildman–Crippen MR) is 101 cm³/mol. The lowest BCUT2D eigenvalue weighted by Gasteiger charge is -2.69. The maximum atomic E-state index is 11.1. The molecule has 0 amide bonds. The van der Waals surface area contributed by atoms with Gasteiger partial charge >= 0.3 is 0 Å². The van der Waals surface area contributed by atoms with Crippen LogP contribution in [-0.2, 0) is 9.68 Å². The summed E-state index contributed by atoms with van der Waals surface area (Å²) in [7, 11) is 0. The number of nitrogens with two attached hydrogens (primary N) is 1. The van der Waals surface area contributed by atoms with Gasteiger partial charge in [-0.15, -0.1) is 20.2 Å². The second-order valence-electron chi connectivity index (χ2n) is 9.66. The van der Waals surface area contributed by atoms with Crippen LogP contribution in [0.25, 0.3) is 0 Å². The van der Waals surface area contributed by atoms with Crippen LogP contribution in [0.1, 0.15) is 71.6 Å². The molecule has 6 unspecified atom stereocenters. The molecule has 0 heterocycles. The van der Waals surface area contributed by atoms with Gasteiger partial charge in [0.25, 0.3) is 10.2 Å². The van der Waals surface area contributed by atoms with E-state index in [9.17, 15) is 20.2 Å². The van der Waals surface area contributed by atoms with Crippen molar-refractivity contribution < 1.29 is 19.8 Å². The highest BCUT2D eigenvalue weighted by Crippen LogP contribution is 2.73. The third kappa shape index (κ3) is 3.77. The van der Waals surface area contributed by atoms with Gasteiger partial charge in [0, 0.05) is 0 Å². The summed E-state index contributed by atoms with van der Waals surface area (Å²) >= 11 is 0. The molecule has 4 fully saturated rings. The van der Waals surface area contributed by atoms with Crippen molar-refractivity contribution in [1.82, 2.24) is 0 Å². The molecule has 2 N–H and O–H groups in total. The van der Waals surface area contributed by atoms with Crippen molar-refractivity contribution in [1.29, 1.82) is 0 Å². The largest absolute Gasteiger partial charge is 0.330 e. The molecule has 0 saturated heterocycles. The van der Waals surface area contributed by atoms with Crippen LogP contribution >= 0.6 is 0 Å². The Hall–Kier alpha value is -1.64. The lowest BCUT2D eigenvalue weighted by molar-refractivity contribution is -0.792. The van der Waals surface area contributed by atoms with Crippen molar-refractivity contribution in [3.8, 4) is 0 Å². The fourth-order valence-corrected chi connectivity index (χ4v) is 7.87. The Labute approximate surface area is 165 Å². The highest BCUT2D eigenvalue weighted by molar-refractivity contribution is 5.14. The molecule has 0 aromatic heterocycles. The molecule has 9 heteroatoms. The van der Waals surface area contributed by atoms with Gasteiger partial charge < -0.3 is 15.4 Å². The minimum Gasteiger partial charge on any atom is -0.330 e. The van der Waals surface area contributed by atoms with Crippen LogP contribution in [0.3, 0.4) is 0 Å². The second-order valence-corrected chi connectivity index (χ2v) is 9.66. The average Bonchev–Trinajstić information content (AvgIpc) is 2.58. The zero-order valence-electron chi connectivity index (χ0n) is 16.9. The zero-order chi connectivity index (χ0) is 20.6. The summed E-state index contributed by atoms with van der Waals surface area (Å²) in [6, 6.07) is 0. The standard InChI is InChI=1S/C19H33N3O6/c1-3-15(16(28-22(25)26)10-27-21(23)24)19-9-14-7-17(4-2,12-19)11-18(8-14,13-19)5-6-20/h14-16H,3-13,20H2,1-2H3. The number of rotatable bonds is 11. The van der Waals surface area contributed by atoms with E-state index in [-0.39, 0.29) is 22.2 Å². The summed E-state index contributed by atoms with van der Waals surface area (Å²) in [5.41, 5.74) is 6.34. The summed E-state index contributed by atoms with van der Waals surface area (Å²) in [6.45, 7) is 4.50. The lowest BCUT2D eigenvalue weighted by atomic mass is 9.36. The molecular weight excluding hydrogens is 366 g/mol. The van der Waals surface area contributed by atoms with E-state index in [0.29, 0.717) is 18.9 Å². The summed E-state index contributed by atoms with van der Waals surface area (Å²) in [4.78, 5) is 31.4. The molecule has 160 valence electrons. The van der Waals surface area contributed by atoms with Crippen molar-refractivity contribution in [2.24, 2.45) is 33.8 Å². The van der Waals surface area contributed by atoms with Crippen LogP contribution in [0.15, 0.2) is 0 Å². The van der Waals surface area contributed by atoms with E-state index in [1.807, 2.05) is 6.92 Å². The molecule has 4 aliphatic carbocycles. The van der Waals surface area contributed by atoms with Crippen molar-refractivity contribution in [2.75, 3.05) is 13.2 Å². The Morgan fingerprint density at radius 3 is 2.32 bits per heavy atom. The van der Waals surface area contributed by atoms with Gasteiger partial charge in [0.05, 0.1) is 0 Å².